The van der Waals surface area contributed by atoms with Crippen molar-refractivity contribution in [3.05, 3.63) is 106 Å². The molecule has 0 spiro atoms. The third-order valence-electron chi connectivity index (χ3n) is 7.42. The Hall–Kier alpha value is -4.81. The van der Waals surface area contributed by atoms with Crippen molar-refractivity contribution in [3.63, 3.8) is 0 Å². The Kier molecular flexibility index (Phi) is 8.40. The molecule has 1 amide bonds. The quantitative estimate of drug-likeness (QED) is 0.250. The van der Waals surface area contributed by atoms with Crippen LogP contribution in [0.5, 0.6) is 0 Å². The minimum atomic E-state index is -4.83. The number of pyridine rings is 1. The van der Waals surface area contributed by atoms with E-state index in [1.807, 2.05) is 0 Å². The number of nitrogens with two attached hydrogens (primary N) is 1. The number of rotatable bonds is 9. The van der Waals surface area contributed by atoms with Crippen LogP contribution < -0.4 is 5.73 Å². The summed E-state index contributed by atoms with van der Waals surface area (Å²) in [6.07, 6.45) is -4.28. The molecule has 4 aromatic rings. The van der Waals surface area contributed by atoms with Crippen LogP contribution in [0.15, 0.2) is 54.7 Å². The van der Waals surface area contributed by atoms with Gasteiger partial charge in [0.25, 0.3) is 5.91 Å². The number of alkyl halides is 3. The first kappa shape index (κ1) is 30.6. The van der Waals surface area contributed by atoms with Crippen LogP contribution in [0.3, 0.4) is 0 Å². The average molecular weight is 615 g/mol. The molecule has 5 rings (SSSR count). The summed E-state index contributed by atoms with van der Waals surface area (Å²) in [6.45, 7) is -0.550. The van der Waals surface area contributed by atoms with Gasteiger partial charge in [-0.15, -0.1) is 0 Å². The molecule has 0 saturated heterocycles. The molecular weight excluding hydrogens is 590 g/mol. The second-order valence-corrected chi connectivity index (χ2v) is 10.6. The number of carbonyl (C=O) groups excluding carboxylic acids is 3. The maximum absolute atomic E-state index is 14.2. The van der Waals surface area contributed by atoms with Gasteiger partial charge < -0.3 is 5.73 Å². The summed E-state index contributed by atoms with van der Waals surface area (Å²) in [5, 5.41) is 3.65. The predicted molar refractivity (Wildman–Crippen MR) is 145 cm³/mol. The van der Waals surface area contributed by atoms with Crippen molar-refractivity contribution in [2.45, 2.75) is 50.7 Å². The van der Waals surface area contributed by atoms with Crippen LogP contribution in [0.4, 0.5) is 26.3 Å². The van der Waals surface area contributed by atoms with Gasteiger partial charge in [-0.2, -0.15) is 18.3 Å². The molecule has 0 fully saturated rings. The summed E-state index contributed by atoms with van der Waals surface area (Å²) in [6, 6.07) is 9.64. The van der Waals surface area contributed by atoms with Crippen molar-refractivity contribution in [1.82, 2.24) is 14.8 Å². The van der Waals surface area contributed by atoms with Gasteiger partial charge in [0.1, 0.15) is 23.2 Å². The van der Waals surface area contributed by atoms with Gasteiger partial charge in [-0.3, -0.25) is 24.0 Å². The molecule has 1 aliphatic carbocycles. The molecule has 0 aliphatic heterocycles. The highest BCUT2D eigenvalue weighted by atomic mass is 19.4. The molecule has 1 atom stereocenters. The third kappa shape index (κ3) is 6.56. The molecule has 0 unspecified atom stereocenters. The molecule has 1 aliphatic rings. The Morgan fingerprint density at radius 1 is 1.00 bits per heavy atom. The van der Waals surface area contributed by atoms with Gasteiger partial charge in [-0.25, -0.2) is 13.2 Å². The molecule has 2 aromatic carbocycles. The lowest BCUT2D eigenvalue weighted by Gasteiger charge is -2.20. The summed E-state index contributed by atoms with van der Waals surface area (Å²) in [4.78, 5) is 41.6. The third-order valence-corrected chi connectivity index (χ3v) is 7.42. The molecule has 13 heteroatoms. The maximum atomic E-state index is 14.2. The molecule has 0 bridgehead atoms. The molecule has 228 valence electrons. The van der Waals surface area contributed by atoms with Gasteiger partial charge in [0.2, 0.25) is 0 Å². The van der Waals surface area contributed by atoms with Gasteiger partial charge in [-0.05, 0) is 54.3 Å². The fourth-order valence-electron chi connectivity index (χ4n) is 5.56. The van der Waals surface area contributed by atoms with Crippen LogP contribution in [0.1, 0.15) is 57.3 Å². The predicted octanol–water partition coefficient (Wildman–Crippen LogP) is 5.52. The van der Waals surface area contributed by atoms with Gasteiger partial charge in [0, 0.05) is 54.3 Å². The van der Waals surface area contributed by atoms with Crippen molar-refractivity contribution in [1.29, 1.82) is 0 Å². The largest absolute Gasteiger partial charge is 0.435 e. The monoisotopic (exact) mass is 614 g/mol. The number of halogens is 6. The Labute approximate surface area is 246 Å². The van der Waals surface area contributed by atoms with Gasteiger partial charge in [0.05, 0.1) is 17.8 Å². The second-order valence-electron chi connectivity index (χ2n) is 10.6. The highest BCUT2D eigenvalue weighted by molar-refractivity contribution is 5.94. The highest BCUT2D eigenvalue weighted by Gasteiger charge is 2.41. The van der Waals surface area contributed by atoms with E-state index in [-0.39, 0.29) is 59.5 Å². The Bertz CT molecular complexity index is 1760. The van der Waals surface area contributed by atoms with Crippen LogP contribution in [-0.2, 0) is 41.6 Å². The van der Waals surface area contributed by atoms with Crippen LogP contribution in [0.25, 0.3) is 11.1 Å². The number of benzene rings is 2. The summed E-state index contributed by atoms with van der Waals surface area (Å²) >= 11 is 0. The SMILES string of the molecule is NC(=O)c1cc(-c2cccnc2[C@@H](CC(=O)Cn2nc(C(F)(F)F)c3c2CCC(=O)C3)Cc2cc(F)cc(F)c2)ccc1F. The Morgan fingerprint density at radius 2 is 1.73 bits per heavy atom. The van der Waals surface area contributed by atoms with E-state index in [9.17, 15) is 40.7 Å². The van der Waals surface area contributed by atoms with E-state index in [0.29, 0.717) is 17.2 Å². The van der Waals surface area contributed by atoms with Crippen LogP contribution in [0.2, 0.25) is 0 Å². The number of Topliss-reactive ketones (excluding diaryl/α,β-unsaturated/α-hetero) is 2. The van der Waals surface area contributed by atoms with E-state index in [1.165, 1.54) is 18.3 Å². The van der Waals surface area contributed by atoms with E-state index in [4.69, 9.17) is 5.73 Å². The summed E-state index contributed by atoms with van der Waals surface area (Å²) in [5.74, 6) is -5.36. The number of carbonyl (C=O) groups is 3. The fraction of sp³-hybridized carbons (Fsp3) is 0.258. The van der Waals surface area contributed by atoms with E-state index in [0.717, 1.165) is 22.9 Å². The average Bonchev–Trinajstić information content (AvgIpc) is 3.30. The highest BCUT2D eigenvalue weighted by Crippen LogP contribution is 2.36. The smallest absolute Gasteiger partial charge is 0.366 e. The number of ketones is 2. The maximum Gasteiger partial charge on any atom is 0.435 e. The van der Waals surface area contributed by atoms with Crippen LogP contribution >= 0.6 is 0 Å². The van der Waals surface area contributed by atoms with Crippen molar-refractivity contribution >= 4 is 17.5 Å². The number of hydrogen-bond donors (Lipinski definition) is 1. The summed E-state index contributed by atoms with van der Waals surface area (Å²) < 4.78 is 84.5. The molecule has 0 radical (unpaired) electrons. The lowest BCUT2D eigenvalue weighted by Crippen LogP contribution is -2.21. The minimum Gasteiger partial charge on any atom is -0.366 e. The number of primary amides is 1. The molecule has 2 aromatic heterocycles. The van der Waals surface area contributed by atoms with E-state index in [1.54, 1.807) is 12.1 Å². The first-order valence-corrected chi connectivity index (χ1v) is 13.5. The van der Waals surface area contributed by atoms with E-state index >= 15 is 0 Å². The lowest BCUT2D eigenvalue weighted by molar-refractivity contribution is -0.142. The van der Waals surface area contributed by atoms with Crippen molar-refractivity contribution in [2.24, 2.45) is 5.73 Å². The number of nitrogens with zero attached hydrogens (tertiary/aromatic N) is 3. The minimum absolute atomic E-state index is 0.00627. The van der Waals surface area contributed by atoms with E-state index < -0.39 is 59.9 Å². The zero-order valence-electron chi connectivity index (χ0n) is 22.9. The van der Waals surface area contributed by atoms with Gasteiger partial charge in [0.15, 0.2) is 11.5 Å². The molecule has 44 heavy (non-hydrogen) atoms. The van der Waals surface area contributed by atoms with Crippen molar-refractivity contribution in [2.75, 3.05) is 0 Å². The van der Waals surface area contributed by atoms with Crippen LogP contribution in [0, 0.1) is 17.5 Å². The Balaban J connectivity index is 1.53. The number of aromatic nitrogens is 3. The summed E-state index contributed by atoms with van der Waals surface area (Å²) in [7, 11) is 0. The lowest BCUT2D eigenvalue weighted by atomic mass is 9.86. The number of hydrogen-bond acceptors (Lipinski definition) is 5. The molecular formula is C31H24F6N4O3. The van der Waals surface area contributed by atoms with Gasteiger partial charge in [-0.1, -0.05) is 12.1 Å². The number of amides is 1. The first-order valence-electron chi connectivity index (χ1n) is 13.5. The zero-order valence-corrected chi connectivity index (χ0v) is 22.9. The first-order chi connectivity index (χ1) is 20.8. The normalized spacial score (nSPS) is 13.9. The molecule has 7 nitrogen and oxygen atoms in total. The van der Waals surface area contributed by atoms with Crippen molar-refractivity contribution in [3.8, 4) is 11.1 Å². The zero-order chi connectivity index (χ0) is 31.8. The fourth-order valence-corrected chi connectivity index (χ4v) is 5.56. The second kappa shape index (κ2) is 12.1. The number of fused-ring (bicyclic) bond motifs is 1. The van der Waals surface area contributed by atoms with Crippen molar-refractivity contribution < 1.29 is 40.7 Å². The summed E-state index contributed by atoms with van der Waals surface area (Å²) in [5.41, 5.74) is 4.75. The standard InChI is InChI=1S/C31H24F6N4O3/c32-19-9-16(10-20(33)13-19)8-18(28-23(2-1-7-39-28)17-3-5-26(34)24(12-17)30(38)44)11-22(43)15-41-27-6-4-21(42)14-25(27)29(40-41)31(35,36)37/h1-3,5,7,9-10,12-13,18H,4,6,8,11,14-15H2,(H2,38,44)/t18-/m1/s1. The van der Waals surface area contributed by atoms with Crippen LogP contribution in [-0.4, -0.2) is 32.2 Å². The Morgan fingerprint density at radius 3 is 2.41 bits per heavy atom. The van der Waals surface area contributed by atoms with E-state index in [2.05, 4.69) is 10.1 Å². The molecule has 2 N–H and O–H groups in total. The topological polar surface area (TPSA) is 108 Å². The van der Waals surface area contributed by atoms with Gasteiger partial charge >= 0.3 is 6.18 Å². The molecule has 2 heterocycles. The molecule has 0 saturated carbocycles.